The largest absolute Gasteiger partial charge is 0.379 e. The highest BCUT2D eigenvalue weighted by molar-refractivity contribution is 5.92. The number of hydrogen-bond acceptors (Lipinski definition) is 4. The number of nitrogens with one attached hydrogen (secondary N) is 1. The van der Waals surface area contributed by atoms with E-state index in [0.29, 0.717) is 19.5 Å². The molecular weight excluding hydrogens is 378 g/mol. The van der Waals surface area contributed by atoms with Crippen LogP contribution in [0, 0.1) is 0 Å². The van der Waals surface area contributed by atoms with E-state index in [9.17, 15) is 9.59 Å². The fraction of sp³-hybridized carbons (Fsp3) is 0.417. The second kappa shape index (κ2) is 9.87. The van der Waals surface area contributed by atoms with Gasteiger partial charge in [-0.1, -0.05) is 54.6 Å². The van der Waals surface area contributed by atoms with Gasteiger partial charge in [0.05, 0.1) is 19.6 Å². The van der Waals surface area contributed by atoms with Gasteiger partial charge in [-0.05, 0) is 29.7 Å². The molecule has 0 aliphatic carbocycles. The van der Waals surface area contributed by atoms with E-state index in [-0.39, 0.29) is 11.8 Å². The van der Waals surface area contributed by atoms with E-state index in [4.69, 9.17) is 4.74 Å². The third kappa shape index (κ3) is 4.89. The summed E-state index contributed by atoms with van der Waals surface area (Å²) in [5, 5.41) is 3.08. The molecule has 30 heavy (non-hydrogen) atoms. The summed E-state index contributed by atoms with van der Waals surface area (Å²) in [6.45, 7) is 5.43. The Bertz CT molecular complexity index is 865. The summed E-state index contributed by atoms with van der Waals surface area (Å²) in [5.74, 6) is -0.112. The van der Waals surface area contributed by atoms with Crippen molar-refractivity contribution in [1.82, 2.24) is 15.1 Å². The third-order valence-corrected chi connectivity index (χ3v) is 5.82. The highest BCUT2D eigenvalue weighted by atomic mass is 16.5. The second-order valence-corrected chi connectivity index (χ2v) is 7.88. The van der Waals surface area contributed by atoms with E-state index in [1.807, 2.05) is 54.6 Å². The Labute approximate surface area is 177 Å². The van der Waals surface area contributed by atoms with Crippen molar-refractivity contribution >= 4 is 11.8 Å². The van der Waals surface area contributed by atoms with Gasteiger partial charge in [0.2, 0.25) is 11.8 Å². The molecule has 0 saturated carbocycles. The number of nitrogens with zero attached hydrogens (tertiary/aromatic N) is 2. The van der Waals surface area contributed by atoms with Gasteiger partial charge in [0.1, 0.15) is 6.04 Å². The number of carbonyl (C=O) groups excluding carboxylic acids is 2. The SMILES string of the molecule is O=C(NCCCN1CCOCC1)[C@@H]1c2ccccc2CC(=O)N1Cc1ccccc1. The van der Waals surface area contributed by atoms with Gasteiger partial charge >= 0.3 is 0 Å². The van der Waals surface area contributed by atoms with Crippen molar-refractivity contribution < 1.29 is 14.3 Å². The summed E-state index contributed by atoms with van der Waals surface area (Å²) in [4.78, 5) is 30.2. The van der Waals surface area contributed by atoms with Gasteiger partial charge in [-0.2, -0.15) is 0 Å². The molecule has 4 rings (SSSR count). The Morgan fingerprint density at radius 3 is 2.57 bits per heavy atom. The van der Waals surface area contributed by atoms with Crippen LogP contribution < -0.4 is 5.32 Å². The molecule has 6 heteroatoms. The third-order valence-electron chi connectivity index (χ3n) is 5.82. The molecule has 2 aliphatic heterocycles. The maximum absolute atomic E-state index is 13.2. The highest BCUT2D eigenvalue weighted by Crippen LogP contribution is 2.32. The van der Waals surface area contributed by atoms with E-state index in [1.165, 1.54) is 0 Å². The molecule has 0 bridgehead atoms. The van der Waals surface area contributed by atoms with Crippen LogP contribution in [0.5, 0.6) is 0 Å². The predicted octanol–water partition coefficient (Wildman–Crippen LogP) is 2.15. The standard InChI is InChI=1S/C24H29N3O3/c28-22-17-20-9-4-5-10-21(20)23(27(22)18-19-7-2-1-3-8-19)24(29)25-11-6-12-26-13-15-30-16-14-26/h1-5,7-10,23H,6,11-18H2,(H,25,29)/t23-/m0/s1. The van der Waals surface area contributed by atoms with Crippen molar-refractivity contribution in [3.05, 3.63) is 71.3 Å². The van der Waals surface area contributed by atoms with Crippen LogP contribution in [0.1, 0.15) is 29.2 Å². The first-order chi connectivity index (χ1) is 14.7. The molecule has 2 aromatic rings. The second-order valence-electron chi connectivity index (χ2n) is 7.88. The van der Waals surface area contributed by atoms with Crippen molar-refractivity contribution in [2.75, 3.05) is 39.4 Å². The highest BCUT2D eigenvalue weighted by Gasteiger charge is 2.36. The van der Waals surface area contributed by atoms with Gasteiger partial charge in [-0.25, -0.2) is 0 Å². The van der Waals surface area contributed by atoms with Crippen molar-refractivity contribution in [1.29, 1.82) is 0 Å². The van der Waals surface area contributed by atoms with Crippen LogP contribution in [0.2, 0.25) is 0 Å². The lowest BCUT2D eigenvalue weighted by atomic mass is 9.91. The molecule has 2 amide bonds. The van der Waals surface area contributed by atoms with Gasteiger partial charge in [0.25, 0.3) is 0 Å². The smallest absolute Gasteiger partial charge is 0.247 e. The van der Waals surface area contributed by atoms with Gasteiger partial charge in [0.15, 0.2) is 0 Å². The first kappa shape index (κ1) is 20.6. The summed E-state index contributed by atoms with van der Waals surface area (Å²) < 4.78 is 5.38. The summed E-state index contributed by atoms with van der Waals surface area (Å²) in [7, 11) is 0. The molecule has 0 unspecified atom stereocenters. The zero-order valence-corrected chi connectivity index (χ0v) is 17.3. The van der Waals surface area contributed by atoms with E-state index in [2.05, 4.69) is 10.2 Å². The zero-order chi connectivity index (χ0) is 20.8. The van der Waals surface area contributed by atoms with E-state index >= 15 is 0 Å². The average molecular weight is 408 g/mol. The molecule has 0 aromatic heterocycles. The molecule has 0 radical (unpaired) electrons. The number of fused-ring (bicyclic) bond motifs is 1. The van der Waals surface area contributed by atoms with E-state index < -0.39 is 6.04 Å². The van der Waals surface area contributed by atoms with Crippen LogP contribution in [0.4, 0.5) is 0 Å². The molecule has 2 heterocycles. The number of carbonyl (C=O) groups is 2. The van der Waals surface area contributed by atoms with Crippen molar-refractivity contribution in [2.45, 2.75) is 25.4 Å². The Kier molecular flexibility index (Phi) is 6.77. The Balaban J connectivity index is 1.44. The van der Waals surface area contributed by atoms with Crippen LogP contribution in [-0.2, 0) is 27.3 Å². The van der Waals surface area contributed by atoms with Gasteiger partial charge < -0.3 is 15.0 Å². The first-order valence-corrected chi connectivity index (χ1v) is 10.7. The lowest BCUT2D eigenvalue weighted by Crippen LogP contribution is -2.47. The van der Waals surface area contributed by atoms with Crippen molar-refractivity contribution in [3.8, 4) is 0 Å². The summed E-state index contributed by atoms with van der Waals surface area (Å²) in [6.07, 6.45) is 1.22. The van der Waals surface area contributed by atoms with Crippen LogP contribution >= 0.6 is 0 Å². The molecule has 6 nitrogen and oxygen atoms in total. The summed E-state index contributed by atoms with van der Waals surface area (Å²) in [5.41, 5.74) is 2.90. The Morgan fingerprint density at radius 2 is 1.77 bits per heavy atom. The molecule has 1 atom stereocenters. The molecule has 158 valence electrons. The Morgan fingerprint density at radius 1 is 1.03 bits per heavy atom. The number of ether oxygens (including phenoxy) is 1. The minimum atomic E-state index is -0.592. The van der Waals surface area contributed by atoms with Gasteiger partial charge in [0, 0.05) is 26.2 Å². The molecule has 1 N–H and O–H groups in total. The quantitative estimate of drug-likeness (QED) is 0.715. The summed E-state index contributed by atoms with van der Waals surface area (Å²) >= 11 is 0. The maximum atomic E-state index is 13.2. The predicted molar refractivity (Wildman–Crippen MR) is 115 cm³/mol. The van der Waals surface area contributed by atoms with Crippen molar-refractivity contribution in [2.24, 2.45) is 0 Å². The Hall–Kier alpha value is -2.70. The number of morpholine rings is 1. The fourth-order valence-corrected chi connectivity index (χ4v) is 4.22. The van der Waals surface area contributed by atoms with Crippen molar-refractivity contribution in [3.63, 3.8) is 0 Å². The minimum Gasteiger partial charge on any atom is -0.379 e. The van der Waals surface area contributed by atoms with Gasteiger partial charge in [-0.3, -0.25) is 14.5 Å². The molecule has 0 spiro atoms. The minimum absolute atomic E-state index is 0.00832. The topological polar surface area (TPSA) is 61.9 Å². The molecule has 1 fully saturated rings. The van der Waals surface area contributed by atoms with Crippen LogP contribution in [0.15, 0.2) is 54.6 Å². The number of benzene rings is 2. The average Bonchev–Trinajstić information content (AvgIpc) is 2.78. The fourth-order valence-electron chi connectivity index (χ4n) is 4.22. The molecule has 2 aromatic carbocycles. The van der Waals surface area contributed by atoms with Crippen LogP contribution in [0.25, 0.3) is 0 Å². The molecular formula is C24H29N3O3. The monoisotopic (exact) mass is 407 g/mol. The van der Waals surface area contributed by atoms with Crippen LogP contribution in [-0.4, -0.2) is 61.0 Å². The number of rotatable bonds is 7. The maximum Gasteiger partial charge on any atom is 0.247 e. The number of amides is 2. The zero-order valence-electron chi connectivity index (χ0n) is 17.3. The van der Waals surface area contributed by atoms with Gasteiger partial charge in [-0.15, -0.1) is 0 Å². The molecule has 2 aliphatic rings. The van der Waals surface area contributed by atoms with Crippen LogP contribution in [0.3, 0.4) is 0 Å². The lowest BCUT2D eigenvalue weighted by Gasteiger charge is -2.36. The normalized spacial score (nSPS) is 19.4. The summed E-state index contributed by atoms with van der Waals surface area (Å²) in [6, 6.07) is 17.0. The molecule has 1 saturated heterocycles. The first-order valence-electron chi connectivity index (χ1n) is 10.7. The van der Waals surface area contributed by atoms with E-state index in [1.54, 1.807) is 4.90 Å². The van der Waals surface area contributed by atoms with E-state index in [0.717, 1.165) is 56.0 Å². The number of hydrogen-bond donors (Lipinski definition) is 1. The lowest BCUT2D eigenvalue weighted by molar-refractivity contribution is -0.142.